The van der Waals surface area contributed by atoms with Gasteiger partial charge < -0.3 is 24.8 Å². The number of alkyl carbamates (subject to hydrolysis) is 1. The number of hydrogen-bond acceptors (Lipinski definition) is 5. The van der Waals surface area contributed by atoms with E-state index in [0.717, 1.165) is 18.9 Å². The minimum absolute atomic E-state index is 0.272. The molecule has 0 aliphatic heterocycles. The summed E-state index contributed by atoms with van der Waals surface area (Å²) in [6, 6.07) is 0. The van der Waals surface area contributed by atoms with Gasteiger partial charge in [-0.3, -0.25) is 4.79 Å². The normalized spacial score (nSPS) is 16.4. The first-order valence-electron chi connectivity index (χ1n) is 11.4. The van der Waals surface area contributed by atoms with Crippen molar-refractivity contribution in [3.8, 4) is 0 Å². The highest BCUT2D eigenvalue weighted by Crippen LogP contribution is 2.40. The van der Waals surface area contributed by atoms with E-state index in [2.05, 4.69) is 15.4 Å². The van der Waals surface area contributed by atoms with E-state index >= 15 is 0 Å². The second-order valence-corrected chi connectivity index (χ2v) is 7.77. The highest BCUT2D eigenvalue weighted by molar-refractivity contribution is 5.79. The number of hydrogen-bond donors (Lipinski definition) is 2. The van der Waals surface area contributed by atoms with Crippen LogP contribution in [0.2, 0.25) is 0 Å². The highest BCUT2D eigenvalue weighted by atomic mass is 16.5. The lowest BCUT2D eigenvalue weighted by atomic mass is 9.95. The number of carbonyl (C=O) groups is 2. The molecule has 0 aromatic rings. The number of unbranched alkanes of at least 4 members (excludes halogenated alkanes) is 1. The molecule has 2 aliphatic rings. The van der Waals surface area contributed by atoms with Crippen LogP contribution in [0.25, 0.3) is 0 Å². The van der Waals surface area contributed by atoms with E-state index in [4.69, 9.17) is 9.47 Å². The summed E-state index contributed by atoms with van der Waals surface area (Å²) in [7, 11) is 1.33. The standard InChI is InChI=1S/C16H29NO2.C6H13NO3/c1-2-19-12-11-17-16(18)15(14-9-10-14)6-4-3-5-13-7-8-13;1-3-10-5-4-7-6(8)9-2/h13-15H,2-12H2,1H3,(H,17,18);3-5H2,1-2H3,(H,7,8). The number of methoxy groups -OCH3 is 1. The summed E-state index contributed by atoms with van der Waals surface area (Å²) in [5, 5.41) is 5.52. The second kappa shape index (κ2) is 16.5. The van der Waals surface area contributed by atoms with Gasteiger partial charge >= 0.3 is 6.09 Å². The molecule has 0 spiro atoms. The average Bonchev–Trinajstić information content (AvgIpc) is 3.63. The SMILES string of the molecule is CCOCCNC(=O)C(CCCCC1CC1)C1CC1.CCOCCNC(=O)OC. The molecular weight excluding hydrogens is 372 g/mol. The average molecular weight is 415 g/mol. The number of nitrogens with one attached hydrogen (secondary N) is 2. The van der Waals surface area contributed by atoms with Gasteiger partial charge in [-0.1, -0.05) is 32.1 Å². The van der Waals surface area contributed by atoms with E-state index in [0.29, 0.717) is 38.8 Å². The summed E-state index contributed by atoms with van der Waals surface area (Å²) in [4.78, 5) is 22.5. The Labute approximate surface area is 176 Å². The molecule has 2 N–H and O–H groups in total. The summed E-state index contributed by atoms with van der Waals surface area (Å²) in [6.07, 6.45) is 10.0. The molecule has 2 aliphatic carbocycles. The Kier molecular flexibility index (Phi) is 14.6. The number of amides is 2. The van der Waals surface area contributed by atoms with Crippen LogP contribution in [0.5, 0.6) is 0 Å². The number of rotatable bonds is 15. The zero-order valence-corrected chi connectivity index (χ0v) is 18.7. The Balaban J connectivity index is 0.000000359. The van der Waals surface area contributed by atoms with Crippen LogP contribution in [0.1, 0.15) is 65.2 Å². The van der Waals surface area contributed by atoms with Gasteiger partial charge in [0.05, 0.1) is 20.3 Å². The predicted octanol–water partition coefficient (Wildman–Crippen LogP) is 3.51. The van der Waals surface area contributed by atoms with Crippen molar-refractivity contribution < 1.29 is 23.8 Å². The number of ether oxygens (including phenoxy) is 3. The fourth-order valence-corrected chi connectivity index (χ4v) is 3.25. The van der Waals surface area contributed by atoms with E-state index in [1.165, 1.54) is 52.1 Å². The molecular formula is C22H42N2O5. The monoisotopic (exact) mass is 414 g/mol. The van der Waals surface area contributed by atoms with Gasteiger partial charge in [0.25, 0.3) is 0 Å². The lowest BCUT2D eigenvalue weighted by Gasteiger charge is -2.16. The van der Waals surface area contributed by atoms with E-state index < -0.39 is 6.09 Å². The van der Waals surface area contributed by atoms with Gasteiger partial charge in [-0.25, -0.2) is 4.79 Å². The fraction of sp³-hybridized carbons (Fsp3) is 0.909. The van der Waals surface area contributed by atoms with Crippen molar-refractivity contribution in [2.24, 2.45) is 17.8 Å². The molecule has 29 heavy (non-hydrogen) atoms. The molecule has 7 heteroatoms. The molecule has 0 bridgehead atoms. The molecule has 7 nitrogen and oxygen atoms in total. The van der Waals surface area contributed by atoms with Crippen molar-refractivity contribution in [1.29, 1.82) is 0 Å². The fourth-order valence-electron chi connectivity index (χ4n) is 3.25. The second-order valence-electron chi connectivity index (χ2n) is 7.77. The van der Waals surface area contributed by atoms with Crippen LogP contribution >= 0.6 is 0 Å². The van der Waals surface area contributed by atoms with Crippen molar-refractivity contribution in [1.82, 2.24) is 10.6 Å². The quantitative estimate of drug-likeness (QED) is 0.401. The molecule has 2 amide bonds. The summed E-state index contributed by atoms with van der Waals surface area (Å²) >= 11 is 0. The molecule has 0 aromatic carbocycles. The molecule has 1 atom stereocenters. The maximum atomic E-state index is 12.2. The Hall–Kier alpha value is -1.34. The number of carbonyl (C=O) groups excluding carboxylic acids is 2. The van der Waals surface area contributed by atoms with Crippen LogP contribution in [-0.4, -0.2) is 58.6 Å². The van der Waals surface area contributed by atoms with E-state index in [-0.39, 0.29) is 11.8 Å². The Morgan fingerprint density at radius 3 is 2.07 bits per heavy atom. The van der Waals surface area contributed by atoms with Crippen molar-refractivity contribution in [3.63, 3.8) is 0 Å². The van der Waals surface area contributed by atoms with E-state index in [9.17, 15) is 9.59 Å². The molecule has 0 aromatic heterocycles. The summed E-state index contributed by atoms with van der Waals surface area (Å²) in [6.45, 7) is 7.62. The van der Waals surface area contributed by atoms with Gasteiger partial charge in [-0.15, -0.1) is 0 Å². The van der Waals surface area contributed by atoms with E-state index in [1.54, 1.807) is 0 Å². The molecule has 1 unspecified atom stereocenters. The Morgan fingerprint density at radius 1 is 0.931 bits per heavy atom. The zero-order chi connectivity index (χ0) is 21.3. The van der Waals surface area contributed by atoms with Gasteiger partial charge in [0.2, 0.25) is 5.91 Å². The largest absolute Gasteiger partial charge is 0.453 e. The maximum absolute atomic E-state index is 12.2. The topological polar surface area (TPSA) is 85.9 Å². The van der Waals surface area contributed by atoms with Gasteiger partial charge in [0.15, 0.2) is 0 Å². The smallest absolute Gasteiger partial charge is 0.406 e. The van der Waals surface area contributed by atoms with Crippen molar-refractivity contribution in [2.75, 3.05) is 46.6 Å². The first-order valence-corrected chi connectivity index (χ1v) is 11.4. The molecule has 2 saturated carbocycles. The molecule has 0 heterocycles. The highest BCUT2D eigenvalue weighted by Gasteiger charge is 2.35. The van der Waals surface area contributed by atoms with Crippen molar-refractivity contribution in [2.45, 2.75) is 65.2 Å². The third-order valence-electron chi connectivity index (χ3n) is 5.26. The van der Waals surface area contributed by atoms with Crippen LogP contribution in [0.4, 0.5) is 4.79 Å². The van der Waals surface area contributed by atoms with Crippen LogP contribution < -0.4 is 10.6 Å². The van der Waals surface area contributed by atoms with Crippen LogP contribution in [0.3, 0.4) is 0 Å². The Bertz CT molecular complexity index is 439. The summed E-state index contributed by atoms with van der Waals surface area (Å²) < 4.78 is 14.5. The predicted molar refractivity (Wildman–Crippen MR) is 114 cm³/mol. The molecule has 0 radical (unpaired) electrons. The van der Waals surface area contributed by atoms with Crippen LogP contribution in [0.15, 0.2) is 0 Å². The summed E-state index contributed by atoms with van der Waals surface area (Å²) in [5.41, 5.74) is 0. The van der Waals surface area contributed by atoms with E-state index in [1.807, 2.05) is 13.8 Å². The summed E-state index contributed by atoms with van der Waals surface area (Å²) in [5.74, 6) is 2.25. The molecule has 2 rings (SSSR count). The third-order valence-corrected chi connectivity index (χ3v) is 5.26. The maximum Gasteiger partial charge on any atom is 0.406 e. The van der Waals surface area contributed by atoms with Gasteiger partial charge in [0, 0.05) is 32.2 Å². The minimum atomic E-state index is -0.417. The van der Waals surface area contributed by atoms with Crippen LogP contribution in [-0.2, 0) is 19.0 Å². The van der Waals surface area contributed by atoms with Gasteiger partial charge in [0.1, 0.15) is 0 Å². The zero-order valence-electron chi connectivity index (χ0n) is 18.7. The minimum Gasteiger partial charge on any atom is -0.453 e. The lowest BCUT2D eigenvalue weighted by Crippen LogP contribution is -2.34. The Morgan fingerprint density at radius 2 is 1.55 bits per heavy atom. The first-order chi connectivity index (χ1) is 14.1. The van der Waals surface area contributed by atoms with Gasteiger partial charge in [-0.05, 0) is 44.9 Å². The van der Waals surface area contributed by atoms with Crippen LogP contribution in [0, 0.1) is 17.8 Å². The molecule has 0 saturated heterocycles. The molecule has 170 valence electrons. The molecule has 2 fully saturated rings. The van der Waals surface area contributed by atoms with Gasteiger partial charge in [-0.2, -0.15) is 0 Å². The lowest BCUT2D eigenvalue weighted by molar-refractivity contribution is -0.126. The third kappa shape index (κ3) is 14.3. The van der Waals surface area contributed by atoms with Crippen molar-refractivity contribution in [3.05, 3.63) is 0 Å². The van der Waals surface area contributed by atoms with Crippen molar-refractivity contribution >= 4 is 12.0 Å². The first kappa shape index (κ1) is 25.7.